The maximum Gasteiger partial charge on any atom is 0.232 e. The van der Waals surface area contributed by atoms with E-state index in [0.717, 1.165) is 17.5 Å². The fourth-order valence-corrected chi connectivity index (χ4v) is 3.94. The molecule has 0 saturated heterocycles. The maximum atomic E-state index is 12.3. The molecule has 0 aliphatic heterocycles. The minimum absolute atomic E-state index is 0.0797. The van der Waals surface area contributed by atoms with Gasteiger partial charge in [-0.2, -0.15) is 0 Å². The van der Waals surface area contributed by atoms with Crippen LogP contribution in [0.1, 0.15) is 30.0 Å². The van der Waals surface area contributed by atoms with Crippen LogP contribution in [-0.4, -0.2) is 27.1 Å². The number of hydrogen-bond donors (Lipinski definition) is 1. The molecule has 5 nitrogen and oxygen atoms in total. The number of sulfonamides is 1. The van der Waals surface area contributed by atoms with Crippen LogP contribution in [0.3, 0.4) is 0 Å². The highest BCUT2D eigenvalue weighted by atomic mass is 32.2. The molecule has 0 aromatic heterocycles. The minimum atomic E-state index is -3.49. The van der Waals surface area contributed by atoms with Gasteiger partial charge in [0.2, 0.25) is 15.9 Å². The van der Waals surface area contributed by atoms with Crippen LogP contribution in [0.15, 0.2) is 42.5 Å². The SMILES string of the molecule is CCc1ccc(NC(=O)CCN(c2c(C)cccc2C)S(C)(=O)=O)cc1. The maximum absolute atomic E-state index is 12.3. The zero-order chi connectivity index (χ0) is 19.3. The summed E-state index contributed by atoms with van der Waals surface area (Å²) in [5, 5.41) is 2.82. The molecule has 0 bridgehead atoms. The first-order valence-electron chi connectivity index (χ1n) is 8.65. The van der Waals surface area contributed by atoms with E-state index in [2.05, 4.69) is 12.2 Å². The lowest BCUT2D eigenvalue weighted by Crippen LogP contribution is -2.34. The Balaban J connectivity index is 2.11. The van der Waals surface area contributed by atoms with E-state index in [-0.39, 0.29) is 18.9 Å². The normalized spacial score (nSPS) is 11.2. The Morgan fingerprint density at radius 3 is 2.12 bits per heavy atom. The van der Waals surface area contributed by atoms with Crippen LogP contribution in [0.4, 0.5) is 11.4 Å². The second-order valence-corrected chi connectivity index (χ2v) is 8.33. The monoisotopic (exact) mass is 374 g/mol. The number of nitrogens with one attached hydrogen (secondary N) is 1. The Morgan fingerprint density at radius 1 is 1.04 bits per heavy atom. The molecule has 140 valence electrons. The van der Waals surface area contributed by atoms with E-state index in [1.54, 1.807) is 0 Å². The second-order valence-electron chi connectivity index (χ2n) is 6.42. The number of rotatable bonds is 7. The van der Waals surface area contributed by atoms with Gasteiger partial charge in [0.15, 0.2) is 0 Å². The topological polar surface area (TPSA) is 66.5 Å². The van der Waals surface area contributed by atoms with Crippen molar-refractivity contribution in [2.75, 3.05) is 22.4 Å². The van der Waals surface area contributed by atoms with Gasteiger partial charge in [-0.05, 0) is 49.1 Å². The number of carbonyl (C=O) groups excluding carboxylic acids is 1. The van der Waals surface area contributed by atoms with E-state index < -0.39 is 10.0 Å². The minimum Gasteiger partial charge on any atom is -0.326 e. The average molecular weight is 375 g/mol. The molecule has 0 saturated carbocycles. The van der Waals surface area contributed by atoms with Crippen molar-refractivity contribution < 1.29 is 13.2 Å². The molecule has 2 aromatic carbocycles. The van der Waals surface area contributed by atoms with Gasteiger partial charge < -0.3 is 5.32 Å². The Kier molecular flexibility index (Phi) is 6.42. The van der Waals surface area contributed by atoms with E-state index >= 15 is 0 Å². The molecule has 0 unspecified atom stereocenters. The summed E-state index contributed by atoms with van der Waals surface area (Å²) in [6.07, 6.45) is 2.18. The summed E-state index contributed by atoms with van der Waals surface area (Å²) in [5.74, 6) is -0.214. The highest BCUT2D eigenvalue weighted by Gasteiger charge is 2.21. The first-order valence-corrected chi connectivity index (χ1v) is 10.5. The molecular weight excluding hydrogens is 348 g/mol. The summed E-state index contributed by atoms with van der Waals surface area (Å²) in [4.78, 5) is 12.3. The second kappa shape index (κ2) is 8.36. The predicted octanol–water partition coefficient (Wildman–Crippen LogP) is 3.66. The first-order chi connectivity index (χ1) is 12.2. The molecule has 2 aromatic rings. The van der Waals surface area contributed by atoms with Crippen LogP contribution in [0.2, 0.25) is 0 Å². The van der Waals surface area contributed by atoms with Crippen molar-refractivity contribution in [1.29, 1.82) is 0 Å². The summed E-state index contributed by atoms with van der Waals surface area (Å²) < 4.78 is 25.9. The van der Waals surface area contributed by atoms with Crippen molar-refractivity contribution in [2.45, 2.75) is 33.6 Å². The van der Waals surface area contributed by atoms with Crippen molar-refractivity contribution >= 4 is 27.3 Å². The van der Waals surface area contributed by atoms with Gasteiger partial charge in [0.05, 0.1) is 11.9 Å². The molecule has 6 heteroatoms. The predicted molar refractivity (Wildman–Crippen MR) is 107 cm³/mol. The number of aryl methyl sites for hydroxylation is 3. The van der Waals surface area contributed by atoms with Crippen molar-refractivity contribution in [3.63, 3.8) is 0 Å². The molecule has 26 heavy (non-hydrogen) atoms. The molecule has 0 aliphatic carbocycles. The van der Waals surface area contributed by atoms with Gasteiger partial charge in [0, 0.05) is 18.7 Å². The smallest absolute Gasteiger partial charge is 0.232 e. The zero-order valence-corrected chi connectivity index (χ0v) is 16.6. The number of carbonyl (C=O) groups is 1. The Labute approximate surface area is 156 Å². The van der Waals surface area contributed by atoms with Crippen LogP contribution in [0, 0.1) is 13.8 Å². The molecule has 0 heterocycles. The Hall–Kier alpha value is -2.34. The van der Waals surface area contributed by atoms with Gasteiger partial charge in [-0.3, -0.25) is 9.10 Å². The molecule has 0 fully saturated rings. The van der Waals surface area contributed by atoms with Crippen LogP contribution in [0.5, 0.6) is 0 Å². The highest BCUT2D eigenvalue weighted by molar-refractivity contribution is 7.92. The summed E-state index contributed by atoms with van der Waals surface area (Å²) in [6, 6.07) is 13.3. The van der Waals surface area contributed by atoms with Gasteiger partial charge in [-0.15, -0.1) is 0 Å². The van der Waals surface area contributed by atoms with Gasteiger partial charge in [-0.25, -0.2) is 8.42 Å². The third kappa shape index (κ3) is 5.08. The quantitative estimate of drug-likeness (QED) is 0.804. The zero-order valence-electron chi connectivity index (χ0n) is 15.7. The molecule has 1 amide bonds. The van der Waals surface area contributed by atoms with E-state index in [1.807, 2.05) is 56.3 Å². The first kappa shape index (κ1) is 20.0. The van der Waals surface area contributed by atoms with Gasteiger partial charge >= 0.3 is 0 Å². The standard InChI is InChI=1S/C20H26N2O3S/c1-5-17-9-11-18(12-10-17)21-19(23)13-14-22(26(4,24)25)20-15(2)7-6-8-16(20)3/h6-12H,5,13-14H2,1-4H3,(H,21,23). The molecule has 0 aliphatic rings. The average Bonchev–Trinajstić information content (AvgIpc) is 2.57. The molecule has 0 radical (unpaired) electrons. The molecule has 1 N–H and O–H groups in total. The highest BCUT2D eigenvalue weighted by Crippen LogP contribution is 2.27. The summed E-state index contributed by atoms with van der Waals surface area (Å²) in [5.41, 5.74) is 4.29. The molecule has 0 spiro atoms. The van der Waals surface area contributed by atoms with Crippen molar-refractivity contribution in [2.24, 2.45) is 0 Å². The lowest BCUT2D eigenvalue weighted by atomic mass is 10.1. The van der Waals surface area contributed by atoms with E-state index in [1.165, 1.54) is 16.1 Å². The number of anilines is 2. The summed E-state index contributed by atoms with van der Waals surface area (Å²) in [6.45, 7) is 5.91. The Morgan fingerprint density at radius 2 is 1.62 bits per heavy atom. The van der Waals surface area contributed by atoms with Crippen molar-refractivity contribution in [3.05, 3.63) is 59.2 Å². The van der Waals surface area contributed by atoms with Crippen molar-refractivity contribution in [1.82, 2.24) is 0 Å². The number of amides is 1. The van der Waals surface area contributed by atoms with E-state index in [0.29, 0.717) is 11.4 Å². The number of nitrogens with zero attached hydrogens (tertiary/aromatic N) is 1. The third-order valence-electron chi connectivity index (χ3n) is 4.28. The van der Waals surface area contributed by atoms with Crippen molar-refractivity contribution in [3.8, 4) is 0 Å². The third-order valence-corrected chi connectivity index (χ3v) is 5.44. The van der Waals surface area contributed by atoms with Crippen LogP contribution in [-0.2, 0) is 21.2 Å². The lowest BCUT2D eigenvalue weighted by molar-refractivity contribution is -0.116. The van der Waals surface area contributed by atoms with Crippen LogP contribution in [0.25, 0.3) is 0 Å². The molecule has 0 atom stereocenters. The Bertz CT molecular complexity index is 854. The largest absolute Gasteiger partial charge is 0.326 e. The fourth-order valence-electron chi connectivity index (χ4n) is 2.89. The molecular formula is C20H26N2O3S. The van der Waals surface area contributed by atoms with Gasteiger partial charge in [-0.1, -0.05) is 37.3 Å². The molecule has 2 rings (SSSR count). The number of para-hydroxylation sites is 1. The lowest BCUT2D eigenvalue weighted by Gasteiger charge is -2.25. The number of hydrogen-bond acceptors (Lipinski definition) is 3. The summed E-state index contributed by atoms with van der Waals surface area (Å²) >= 11 is 0. The van der Waals surface area contributed by atoms with Crippen LogP contribution < -0.4 is 9.62 Å². The van der Waals surface area contributed by atoms with E-state index in [9.17, 15) is 13.2 Å². The fraction of sp³-hybridized carbons (Fsp3) is 0.350. The van der Waals surface area contributed by atoms with Gasteiger partial charge in [0.25, 0.3) is 0 Å². The van der Waals surface area contributed by atoms with Gasteiger partial charge in [0.1, 0.15) is 0 Å². The summed E-state index contributed by atoms with van der Waals surface area (Å²) in [7, 11) is -3.49. The van der Waals surface area contributed by atoms with Crippen LogP contribution >= 0.6 is 0 Å². The number of benzene rings is 2. The van der Waals surface area contributed by atoms with E-state index in [4.69, 9.17) is 0 Å².